The first-order valence-electron chi connectivity index (χ1n) is 11.4. The van der Waals surface area contributed by atoms with Gasteiger partial charge in [0, 0.05) is 18.4 Å². The molecule has 0 saturated heterocycles. The Kier molecular flexibility index (Phi) is 10.4. The molecule has 0 aliphatic carbocycles. The SMILES string of the molecule is O=C(CCC(=O)OCCc1ccccc1)NC(=S)NNC(=O)c1ccc(OCc2ccccc2)cc1. The molecule has 0 bridgehead atoms. The van der Waals surface area contributed by atoms with E-state index in [1.807, 2.05) is 60.7 Å². The number of hydrazine groups is 1. The summed E-state index contributed by atoms with van der Waals surface area (Å²) in [5, 5.41) is 2.32. The van der Waals surface area contributed by atoms with Crippen LogP contribution in [0.3, 0.4) is 0 Å². The molecule has 0 heterocycles. The second kappa shape index (κ2) is 14.2. The average molecular weight is 506 g/mol. The summed E-state index contributed by atoms with van der Waals surface area (Å²) < 4.78 is 10.8. The van der Waals surface area contributed by atoms with Gasteiger partial charge in [-0.05, 0) is 47.6 Å². The van der Waals surface area contributed by atoms with Gasteiger partial charge >= 0.3 is 5.97 Å². The standard InChI is InChI=1S/C27H27N3O5S/c31-24(15-16-25(32)34-18-17-20-7-3-1-4-8-20)28-27(36)30-29-26(33)22-11-13-23(14-12-22)35-19-21-9-5-2-6-10-21/h1-14H,15-19H2,(H,29,33)(H2,28,30,31,36). The van der Waals surface area contributed by atoms with Crippen LogP contribution in [0, 0.1) is 0 Å². The molecule has 2 amide bonds. The summed E-state index contributed by atoms with van der Waals surface area (Å²) in [4.78, 5) is 36.1. The van der Waals surface area contributed by atoms with Gasteiger partial charge in [0.1, 0.15) is 12.4 Å². The first kappa shape index (κ1) is 26.4. The molecule has 0 aromatic heterocycles. The predicted molar refractivity (Wildman–Crippen MR) is 139 cm³/mol. The van der Waals surface area contributed by atoms with Crippen molar-refractivity contribution < 1.29 is 23.9 Å². The average Bonchev–Trinajstić information content (AvgIpc) is 2.91. The van der Waals surface area contributed by atoms with Crippen LogP contribution < -0.4 is 20.9 Å². The van der Waals surface area contributed by atoms with Crippen molar-refractivity contribution in [3.05, 3.63) is 102 Å². The van der Waals surface area contributed by atoms with Gasteiger partial charge in [-0.2, -0.15) is 0 Å². The van der Waals surface area contributed by atoms with Crippen molar-refractivity contribution in [2.45, 2.75) is 25.9 Å². The van der Waals surface area contributed by atoms with Crippen LogP contribution in [0.5, 0.6) is 5.75 Å². The predicted octanol–water partition coefficient (Wildman–Crippen LogP) is 3.47. The molecule has 3 N–H and O–H groups in total. The van der Waals surface area contributed by atoms with Crippen LogP contribution >= 0.6 is 12.2 Å². The van der Waals surface area contributed by atoms with Crippen molar-refractivity contribution >= 4 is 35.1 Å². The molecular formula is C27H27N3O5S. The summed E-state index contributed by atoms with van der Waals surface area (Å²) in [5.74, 6) is -0.751. The van der Waals surface area contributed by atoms with Gasteiger partial charge in [0.25, 0.3) is 5.91 Å². The van der Waals surface area contributed by atoms with Crippen molar-refractivity contribution in [3.63, 3.8) is 0 Å². The molecule has 3 aromatic carbocycles. The zero-order chi connectivity index (χ0) is 25.6. The largest absolute Gasteiger partial charge is 0.489 e. The number of hydrogen-bond donors (Lipinski definition) is 3. The summed E-state index contributed by atoms with van der Waals surface area (Å²) in [6, 6.07) is 26.0. The second-order valence-corrected chi connectivity index (χ2v) is 8.12. The Morgan fingerprint density at radius 2 is 1.39 bits per heavy atom. The fourth-order valence-corrected chi connectivity index (χ4v) is 3.23. The summed E-state index contributed by atoms with van der Waals surface area (Å²) >= 11 is 5.01. The number of hydrogen-bond acceptors (Lipinski definition) is 6. The van der Waals surface area contributed by atoms with Crippen molar-refractivity contribution in [1.29, 1.82) is 0 Å². The Hall–Kier alpha value is -4.24. The van der Waals surface area contributed by atoms with Crippen LogP contribution in [0.4, 0.5) is 0 Å². The Bertz CT molecular complexity index is 1160. The lowest BCUT2D eigenvalue weighted by Crippen LogP contribution is -2.48. The first-order valence-corrected chi connectivity index (χ1v) is 11.8. The summed E-state index contributed by atoms with van der Waals surface area (Å²) in [5.41, 5.74) is 7.36. The Labute approximate surface area is 215 Å². The zero-order valence-corrected chi connectivity index (χ0v) is 20.4. The van der Waals surface area contributed by atoms with E-state index in [-0.39, 0.29) is 24.6 Å². The Morgan fingerprint density at radius 1 is 0.750 bits per heavy atom. The van der Waals surface area contributed by atoms with Crippen molar-refractivity contribution in [2.75, 3.05) is 6.61 Å². The molecule has 0 fully saturated rings. The van der Waals surface area contributed by atoms with Gasteiger partial charge in [0.05, 0.1) is 13.0 Å². The molecule has 0 radical (unpaired) electrons. The summed E-state index contributed by atoms with van der Waals surface area (Å²) in [7, 11) is 0. The van der Waals surface area contributed by atoms with E-state index in [0.717, 1.165) is 11.1 Å². The fraction of sp³-hybridized carbons (Fsp3) is 0.185. The third-order valence-electron chi connectivity index (χ3n) is 4.96. The number of nitrogens with one attached hydrogen (secondary N) is 3. The smallest absolute Gasteiger partial charge is 0.306 e. The third kappa shape index (κ3) is 9.55. The molecule has 186 valence electrons. The van der Waals surface area contributed by atoms with Crippen LogP contribution in [0.15, 0.2) is 84.9 Å². The van der Waals surface area contributed by atoms with Crippen LogP contribution in [0.1, 0.15) is 34.3 Å². The first-order chi connectivity index (χ1) is 17.5. The second-order valence-electron chi connectivity index (χ2n) is 7.71. The van der Waals surface area contributed by atoms with Gasteiger partial charge in [0.2, 0.25) is 5.91 Å². The van der Waals surface area contributed by atoms with Gasteiger partial charge in [-0.3, -0.25) is 25.2 Å². The van der Waals surface area contributed by atoms with Crippen LogP contribution in [-0.2, 0) is 27.4 Å². The lowest BCUT2D eigenvalue weighted by Gasteiger charge is -2.11. The molecule has 9 heteroatoms. The quantitative estimate of drug-likeness (QED) is 0.220. The number of benzene rings is 3. The maximum absolute atomic E-state index is 12.3. The highest BCUT2D eigenvalue weighted by Crippen LogP contribution is 2.14. The highest BCUT2D eigenvalue weighted by Gasteiger charge is 2.11. The maximum atomic E-state index is 12.3. The topological polar surface area (TPSA) is 106 Å². The van der Waals surface area contributed by atoms with Crippen LogP contribution in [0.25, 0.3) is 0 Å². The minimum absolute atomic E-state index is 0.0751. The van der Waals surface area contributed by atoms with Gasteiger partial charge in [0.15, 0.2) is 5.11 Å². The minimum Gasteiger partial charge on any atom is -0.489 e. The third-order valence-corrected chi connectivity index (χ3v) is 5.16. The van der Waals surface area contributed by atoms with Gasteiger partial charge in [-0.25, -0.2) is 0 Å². The number of carbonyl (C=O) groups is 3. The molecule has 0 atom stereocenters. The molecule has 0 aliphatic rings. The van der Waals surface area contributed by atoms with Crippen molar-refractivity contribution in [3.8, 4) is 5.75 Å². The van der Waals surface area contributed by atoms with Gasteiger partial charge in [-0.15, -0.1) is 0 Å². The van der Waals surface area contributed by atoms with E-state index in [9.17, 15) is 14.4 Å². The number of rotatable bonds is 10. The summed E-state index contributed by atoms with van der Waals surface area (Å²) in [6.45, 7) is 0.671. The van der Waals surface area contributed by atoms with E-state index in [1.54, 1.807) is 24.3 Å². The molecule has 0 aliphatic heterocycles. The number of amides is 2. The molecule has 0 spiro atoms. The summed E-state index contributed by atoms with van der Waals surface area (Å²) in [6.07, 6.45) is 0.439. The molecule has 0 unspecified atom stereocenters. The van der Waals surface area contributed by atoms with Crippen molar-refractivity contribution in [1.82, 2.24) is 16.2 Å². The molecule has 8 nitrogen and oxygen atoms in total. The van der Waals surface area contributed by atoms with E-state index in [4.69, 9.17) is 21.7 Å². The van der Waals surface area contributed by atoms with E-state index in [2.05, 4.69) is 16.2 Å². The fourth-order valence-electron chi connectivity index (χ4n) is 3.06. The number of carbonyl (C=O) groups excluding carboxylic acids is 3. The molecule has 36 heavy (non-hydrogen) atoms. The highest BCUT2D eigenvalue weighted by atomic mass is 32.1. The molecule has 3 rings (SSSR count). The van der Waals surface area contributed by atoms with E-state index >= 15 is 0 Å². The lowest BCUT2D eigenvalue weighted by molar-refractivity contribution is -0.144. The number of esters is 1. The van der Waals surface area contributed by atoms with Gasteiger partial charge in [-0.1, -0.05) is 60.7 Å². The van der Waals surface area contributed by atoms with E-state index in [0.29, 0.717) is 24.3 Å². The molecular weight excluding hydrogens is 478 g/mol. The number of ether oxygens (including phenoxy) is 2. The lowest BCUT2D eigenvalue weighted by atomic mass is 10.2. The normalized spacial score (nSPS) is 10.1. The highest BCUT2D eigenvalue weighted by molar-refractivity contribution is 7.80. The van der Waals surface area contributed by atoms with Crippen LogP contribution in [0.2, 0.25) is 0 Å². The van der Waals surface area contributed by atoms with E-state index in [1.165, 1.54) is 0 Å². The van der Waals surface area contributed by atoms with Gasteiger partial charge < -0.3 is 14.8 Å². The van der Waals surface area contributed by atoms with Crippen LogP contribution in [-0.4, -0.2) is 29.5 Å². The van der Waals surface area contributed by atoms with E-state index < -0.39 is 17.8 Å². The maximum Gasteiger partial charge on any atom is 0.306 e. The van der Waals surface area contributed by atoms with Crippen molar-refractivity contribution in [2.24, 2.45) is 0 Å². The Morgan fingerprint density at radius 3 is 2.06 bits per heavy atom. The molecule has 3 aromatic rings. The Balaban J connectivity index is 1.29. The zero-order valence-electron chi connectivity index (χ0n) is 19.6. The number of thiocarbonyl (C=S) groups is 1. The monoisotopic (exact) mass is 505 g/mol. The minimum atomic E-state index is -0.471. The molecule has 0 saturated carbocycles.